The third kappa shape index (κ3) is 4.04. The number of carbonyl (C=O) groups excluding carboxylic acids is 1. The fourth-order valence-electron chi connectivity index (χ4n) is 2.42. The zero-order valence-electron chi connectivity index (χ0n) is 12.8. The maximum atomic E-state index is 12.3. The Balaban J connectivity index is 1.46. The molecular weight excluding hydrogens is 348 g/mol. The second kappa shape index (κ2) is 7.63. The van der Waals surface area contributed by atoms with Gasteiger partial charge in [0.25, 0.3) is 5.69 Å². The van der Waals surface area contributed by atoms with Gasteiger partial charge in [-0.05, 0) is 12.1 Å². The number of nitrogens with zero attached hydrogens (tertiary/aromatic N) is 4. The molecule has 1 aliphatic rings. The van der Waals surface area contributed by atoms with E-state index < -0.39 is 4.92 Å². The predicted molar refractivity (Wildman–Crippen MR) is 94.7 cm³/mol. The lowest BCUT2D eigenvalue weighted by molar-refractivity contribution is -0.384. The van der Waals surface area contributed by atoms with Gasteiger partial charge in [-0.25, -0.2) is 4.98 Å². The largest absolute Gasteiger partial charge is 0.345 e. The number of hydrogen-bond donors (Lipinski definition) is 0. The predicted octanol–water partition coefficient (Wildman–Crippen LogP) is 2.49. The normalized spacial score (nSPS) is 14.7. The average Bonchev–Trinajstić information content (AvgIpc) is 3.15. The molecule has 0 aliphatic carbocycles. The molecule has 9 heteroatoms. The molecule has 1 aromatic carbocycles. The number of rotatable bonds is 5. The van der Waals surface area contributed by atoms with Gasteiger partial charge >= 0.3 is 0 Å². The lowest BCUT2D eigenvalue weighted by Crippen LogP contribution is -2.49. The van der Waals surface area contributed by atoms with E-state index in [0.29, 0.717) is 18.8 Å². The van der Waals surface area contributed by atoms with Crippen molar-refractivity contribution in [2.75, 3.05) is 36.8 Å². The van der Waals surface area contributed by atoms with Crippen LogP contribution < -0.4 is 4.90 Å². The van der Waals surface area contributed by atoms with Crippen LogP contribution in [0.2, 0.25) is 0 Å². The second-order valence-corrected chi connectivity index (χ2v) is 7.14. The number of carbonyl (C=O) groups is 1. The first kappa shape index (κ1) is 16.7. The summed E-state index contributed by atoms with van der Waals surface area (Å²) in [4.78, 5) is 31.7. The lowest BCUT2D eigenvalue weighted by Gasteiger charge is -2.34. The van der Waals surface area contributed by atoms with Crippen LogP contribution in [-0.4, -0.2) is 52.6 Å². The first-order valence-electron chi connectivity index (χ1n) is 7.43. The molecule has 2 aromatic rings. The Morgan fingerprint density at radius 3 is 2.54 bits per heavy atom. The third-order valence-electron chi connectivity index (χ3n) is 3.73. The van der Waals surface area contributed by atoms with Crippen molar-refractivity contribution in [2.45, 2.75) is 4.90 Å². The number of nitro groups is 1. The number of amides is 1. The number of thioether (sulfide) groups is 1. The molecular formula is C15H16N4O3S2. The molecule has 0 unspecified atom stereocenters. The molecule has 1 aliphatic heterocycles. The number of piperazine rings is 1. The molecule has 0 spiro atoms. The topological polar surface area (TPSA) is 79.6 Å². The van der Waals surface area contributed by atoms with Gasteiger partial charge in [-0.15, -0.1) is 23.1 Å². The minimum Gasteiger partial charge on any atom is -0.345 e. The third-order valence-corrected chi connectivity index (χ3v) is 5.56. The van der Waals surface area contributed by atoms with Crippen LogP contribution in [0.3, 0.4) is 0 Å². The van der Waals surface area contributed by atoms with Gasteiger partial charge in [-0.1, -0.05) is 0 Å². The van der Waals surface area contributed by atoms with Gasteiger partial charge in [0, 0.05) is 54.8 Å². The van der Waals surface area contributed by atoms with Crippen LogP contribution in [0.1, 0.15) is 0 Å². The van der Waals surface area contributed by atoms with Gasteiger partial charge in [0.05, 0.1) is 10.7 Å². The van der Waals surface area contributed by atoms with Crippen LogP contribution in [0, 0.1) is 10.1 Å². The number of thiazole rings is 1. The van der Waals surface area contributed by atoms with Crippen molar-refractivity contribution in [1.82, 2.24) is 9.88 Å². The van der Waals surface area contributed by atoms with Crippen LogP contribution in [0.25, 0.3) is 0 Å². The first-order chi connectivity index (χ1) is 11.6. The molecule has 1 fully saturated rings. The summed E-state index contributed by atoms with van der Waals surface area (Å²) in [6.07, 6.45) is 1.79. The molecule has 0 N–H and O–H groups in total. The maximum absolute atomic E-state index is 12.3. The van der Waals surface area contributed by atoms with Gasteiger partial charge in [0.15, 0.2) is 5.13 Å². The number of anilines is 1. The molecule has 3 rings (SSSR count). The number of aromatic nitrogens is 1. The Kier molecular flexibility index (Phi) is 5.31. The highest BCUT2D eigenvalue weighted by molar-refractivity contribution is 8.00. The average molecular weight is 364 g/mol. The van der Waals surface area contributed by atoms with Crippen molar-refractivity contribution in [3.8, 4) is 0 Å². The Hall–Kier alpha value is -2.13. The molecule has 1 amide bonds. The van der Waals surface area contributed by atoms with Crippen molar-refractivity contribution >= 4 is 39.8 Å². The van der Waals surface area contributed by atoms with Crippen LogP contribution >= 0.6 is 23.1 Å². The van der Waals surface area contributed by atoms with E-state index in [0.717, 1.165) is 23.1 Å². The van der Waals surface area contributed by atoms with Crippen LogP contribution in [0.15, 0.2) is 40.7 Å². The van der Waals surface area contributed by atoms with Crippen LogP contribution in [0.4, 0.5) is 10.8 Å². The highest BCUT2D eigenvalue weighted by atomic mass is 32.2. The SMILES string of the molecule is O=C(CSc1ccc([N+](=O)[O-])cc1)N1CCN(c2nccs2)CC1. The Labute approximate surface area is 147 Å². The van der Waals surface area contributed by atoms with Crippen molar-refractivity contribution < 1.29 is 9.72 Å². The molecule has 1 saturated heterocycles. The molecule has 126 valence electrons. The van der Waals surface area contributed by atoms with E-state index in [1.54, 1.807) is 29.7 Å². The fraction of sp³-hybridized carbons (Fsp3) is 0.333. The fourth-order valence-corrected chi connectivity index (χ4v) is 3.92. The summed E-state index contributed by atoms with van der Waals surface area (Å²) in [5, 5.41) is 13.6. The van der Waals surface area contributed by atoms with Crippen LogP contribution in [0.5, 0.6) is 0 Å². The van der Waals surface area contributed by atoms with Gasteiger partial charge in [-0.3, -0.25) is 14.9 Å². The first-order valence-corrected chi connectivity index (χ1v) is 9.29. The summed E-state index contributed by atoms with van der Waals surface area (Å²) in [7, 11) is 0. The molecule has 1 aromatic heterocycles. The number of benzene rings is 1. The number of hydrogen-bond acceptors (Lipinski definition) is 7. The zero-order valence-corrected chi connectivity index (χ0v) is 14.5. The van der Waals surface area contributed by atoms with Gasteiger partial charge in [0.1, 0.15) is 0 Å². The minimum atomic E-state index is -0.429. The Morgan fingerprint density at radius 2 is 1.96 bits per heavy atom. The van der Waals surface area contributed by atoms with E-state index in [2.05, 4.69) is 9.88 Å². The van der Waals surface area contributed by atoms with Gasteiger partial charge in [0.2, 0.25) is 5.91 Å². The summed E-state index contributed by atoms with van der Waals surface area (Å²) in [5.74, 6) is 0.437. The summed E-state index contributed by atoms with van der Waals surface area (Å²) in [5.41, 5.74) is 0.0592. The van der Waals surface area contributed by atoms with Gasteiger partial charge < -0.3 is 9.80 Å². The van der Waals surface area contributed by atoms with Crippen molar-refractivity contribution in [1.29, 1.82) is 0 Å². The number of nitro benzene ring substituents is 1. The monoisotopic (exact) mass is 364 g/mol. The summed E-state index contributed by atoms with van der Waals surface area (Å²) >= 11 is 3.01. The summed E-state index contributed by atoms with van der Waals surface area (Å²) in [6.45, 7) is 2.97. The smallest absolute Gasteiger partial charge is 0.269 e. The summed E-state index contributed by atoms with van der Waals surface area (Å²) in [6, 6.07) is 6.27. The minimum absolute atomic E-state index is 0.0592. The summed E-state index contributed by atoms with van der Waals surface area (Å²) < 4.78 is 0. The quantitative estimate of drug-likeness (QED) is 0.461. The zero-order chi connectivity index (χ0) is 16.9. The molecule has 0 saturated carbocycles. The lowest BCUT2D eigenvalue weighted by atomic mass is 10.3. The Bertz CT molecular complexity index is 698. The molecule has 2 heterocycles. The van der Waals surface area contributed by atoms with Crippen molar-refractivity contribution in [3.63, 3.8) is 0 Å². The molecule has 0 atom stereocenters. The standard InChI is InChI=1S/C15H16N4O3S2/c20-14(11-24-13-3-1-12(2-4-13)19(21)22)17-6-8-18(9-7-17)15-16-5-10-23-15/h1-5,10H,6-9,11H2. The van der Waals surface area contributed by atoms with Gasteiger partial charge in [-0.2, -0.15) is 0 Å². The highest BCUT2D eigenvalue weighted by Gasteiger charge is 2.22. The van der Waals surface area contributed by atoms with E-state index in [-0.39, 0.29) is 11.6 Å². The second-order valence-electron chi connectivity index (χ2n) is 5.22. The molecule has 24 heavy (non-hydrogen) atoms. The van der Waals surface area contributed by atoms with Crippen LogP contribution in [-0.2, 0) is 4.79 Å². The Morgan fingerprint density at radius 1 is 1.25 bits per heavy atom. The maximum Gasteiger partial charge on any atom is 0.269 e. The van der Waals surface area contributed by atoms with Crippen molar-refractivity contribution in [2.24, 2.45) is 0 Å². The molecule has 0 bridgehead atoms. The van der Waals surface area contributed by atoms with E-state index in [9.17, 15) is 14.9 Å². The van der Waals surface area contributed by atoms with E-state index in [1.165, 1.54) is 23.9 Å². The molecule has 7 nitrogen and oxygen atoms in total. The van der Waals surface area contributed by atoms with E-state index in [1.807, 2.05) is 10.3 Å². The molecule has 0 radical (unpaired) electrons. The highest BCUT2D eigenvalue weighted by Crippen LogP contribution is 2.23. The number of non-ortho nitro benzene ring substituents is 1. The van der Waals surface area contributed by atoms with Crippen molar-refractivity contribution in [3.05, 3.63) is 46.0 Å². The van der Waals surface area contributed by atoms with E-state index >= 15 is 0 Å². The van der Waals surface area contributed by atoms with E-state index in [4.69, 9.17) is 0 Å².